The van der Waals surface area contributed by atoms with Gasteiger partial charge in [0.2, 0.25) is 0 Å². The average Bonchev–Trinajstić information content (AvgIpc) is 2.80. The van der Waals surface area contributed by atoms with Gasteiger partial charge < -0.3 is 9.84 Å². The zero-order valence-corrected chi connectivity index (χ0v) is 13.1. The Balaban J connectivity index is 1.62. The molecule has 0 fully saturated rings. The molecule has 0 radical (unpaired) electrons. The molecule has 1 aliphatic rings. The summed E-state index contributed by atoms with van der Waals surface area (Å²) < 4.78 is 5.02. The van der Waals surface area contributed by atoms with Crippen molar-refractivity contribution < 1.29 is 24.2 Å². The maximum Gasteiger partial charge on any atom is 0.341 e. The van der Waals surface area contributed by atoms with Crippen LogP contribution in [-0.2, 0) is 4.74 Å². The number of fused-ring (bicyclic) bond motifs is 1. The molecule has 0 atom stereocenters. The minimum atomic E-state index is -0.763. The number of rotatable bonds is 4. The van der Waals surface area contributed by atoms with Gasteiger partial charge in [-0.3, -0.25) is 14.5 Å². The summed E-state index contributed by atoms with van der Waals surface area (Å²) in [6.45, 7) is -0.237. The van der Waals surface area contributed by atoms with Gasteiger partial charge in [0.25, 0.3) is 11.8 Å². The lowest BCUT2D eigenvalue weighted by atomic mass is 10.1. The lowest BCUT2D eigenvalue weighted by Crippen LogP contribution is -2.33. The van der Waals surface area contributed by atoms with E-state index in [0.717, 1.165) is 4.90 Å². The minimum Gasteiger partial charge on any atom is -0.507 e. The quantitative estimate of drug-likeness (QED) is 0.680. The predicted octanol–water partition coefficient (Wildman–Crippen LogP) is 2.50. The summed E-state index contributed by atoms with van der Waals surface area (Å²) in [5, 5.41) is 9.96. The first-order valence-corrected chi connectivity index (χ1v) is 7.47. The molecule has 6 nitrogen and oxygen atoms in total. The monoisotopic (exact) mass is 345 g/mol. The number of benzene rings is 2. The van der Waals surface area contributed by atoms with Crippen molar-refractivity contribution >= 4 is 29.4 Å². The fourth-order valence-electron chi connectivity index (χ4n) is 2.43. The van der Waals surface area contributed by atoms with Crippen LogP contribution in [-0.4, -0.2) is 40.9 Å². The second kappa shape index (κ2) is 6.33. The third-order valence-corrected chi connectivity index (χ3v) is 3.84. The third-order valence-electron chi connectivity index (χ3n) is 3.61. The highest BCUT2D eigenvalue weighted by atomic mass is 35.5. The highest BCUT2D eigenvalue weighted by Crippen LogP contribution is 2.24. The van der Waals surface area contributed by atoms with E-state index in [1.807, 2.05) is 0 Å². The van der Waals surface area contributed by atoms with Gasteiger partial charge in [0.05, 0.1) is 17.7 Å². The highest BCUT2D eigenvalue weighted by Gasteiger charge is 2.34. The van der Waals surface area contributed by atoms with Crippen LogP contribution in [0.1, 0.15) is 31.1 Å². The minimum absolute atomic E-state index is 0.0400. The Kier molecular flexibility index (Phi) is 4.22. The third kappa shape index (κ3) is 2.83. The van der Waals surface area contributed by atoms with Gasteiger partial charge in [-0.05, 0) is 30.3 Å². The van der Waals surface area contributed by atoms with E-state index in [-0.39, 0.29) is 29.5 Å². The van der Waals surface area contributed by atoms with Crippen LogP contribution in [0.5, 0.6) is 5.75 Å². The van der Waals surface area contributed by atoms with E-state index in [2.05, 4.69) is 0 Å². The first-order chi connectivity index (χ1) is 11.5. The number of nitrogens with zero attached hydrogens (tertiary/aromatic N) is 1. The second-order valence-electron chi connectivity index (χ2n) is 5.10. The molecule has 1 aliphatic heterocycles. The molecule has 2 aromatic rings. The van der Waals surface area contributed by atoms with Crippen LogP contribution < -0.4 is 0 Å². The van der Waals surface area contributed by atoms with Crippen molar-refractivity contribution in [2.24, 2.45) is 0 Å². The first-order valence-electron chi connectivity index (χ1n) is 7.10. The Hall–Kier alpha value is -2.86. The second-order valence-corrected chi connectivity index (χ2v) is 5.54. The van der Waals surface area contributed by atoms with Gasteiger partial charge in [-0.15, -0.1) is 0 Å². The standard InChI is InChI=1S/C17H12ClNO5/c18-10-5-6-13(14(20)9-10)17(23)24-8-7-19-15(21)11-3-1-2-4-12(11)16(19)22/h1-6,9,20H,7-8H2. The SMILES string of the molecule is O=C(OCCN1C(=O)c2ccccc2C1=O)c1ccc(Cl)cc1O. The predicted molar refractivity (Wildman–Crippen MR) is 85.2 cm³/mol. The number of carbonyl (C=O) groups is 3. The Morgan fingerprint density at radius 2 is 1.71 bits per heavy atom. The molecule has 0 spiro atoms. The summed E-state index contributed by atoms with van der Waals surface area (Å²) in [5.41, 5.74) is 0.634. The van der Waals surface area contributed by atoms with E-state index in [1.165, 1.54) is 18.2 Å². The van der Waals surface area contributed by atoms with Crippen LogP contribution in [0.4, 0.5) is 0 Å². The number of amides is 2. The van der Waals surface area contributed by atoms with Gasteiger partial charge in [-0.2, -0.15) is 0 Å². The van der Waals surface area contributed by atoms with E-state index in [1.54, 1.807) is 24.3 Å². The summed E-state index contributed by atoms with van der Waals surface area (Å²) in [7, 11) is 0. The number of ether oxygens (including phenoxy) is 1. The van der Waals surface area contributed by atoms with Gasteiger partial charge >= 0.3 is 5.97 Å². The Bertz CT molecular complexity index is 814. The molecule has 0 unspecified atom stereocenters. The maximum atomic E-state index is 12.2. The fraction of sp³-hybridized carbons (Fsp3) is 0.118. The van der Waals surface area contributed by atoms with Crippen molar-refractivity contribution in [2.45, 2.75) is 0 Å². The molecule has 3 rings (SSSR count). The van der Waals surface area contributed by atoms with Gasteiger partial charge in [0.1, 0.15) is 17.9 Å². The van der Waals surface area contributed by atoms with E-state index < -0.39 is 17.8 Å². The van der Waals surface area contributed by atoms with Gasteiger partial charge in [-0.1, -0.05) is 23.7 Å². The molecule has 2 aromatic carbocycles. The van der Waals surface area contributed by atoms with Crippen LogP contribution in [0.25, 0.3) is 0 Å². The van der Waals surface area contributed by atoms with E-state index in [4.69, 9.17) is 16.3 Å². The zero-order chi connectivity index (χ0) is 17.3. The number of phenols is 1. The van der Waals surface area contributed by atoms with Gasteiger partial charge in [0.15, 0.2) is 0 Å². The molecule has 1 N–H and O–H groups in total. The van der Waals surface area contributed by atoms with E-state index in [0.29, 0.717) is 11.1 Å². The molecule has 0 saturated heterocycles. The van der Waals surface area contributed by atoms with Crippen molar-refractivity contribution in [3.8, 4) is 5.75 Å². The number of halogens is 1. The van der Waals surface area contributed by atoms with Crippen molar-refractivity contribution in [3.05, 3.63) is 64.2 Å². The maximum absolute atomic E-state index is 12.2. The molecule has 24 heavy (non-hydrogen) atoms. The number of esters is 1. The summed E-state index contributed by atoms with van der Waals surface area (Å²) >= 11 is 5.69. The number of imide groups is 1. The van der Waals surface area contributed by atoms with E-state index in [9.17, 15) is 19.5 Å². The normalized spacial score (nSPS) is 13.1. The van der Waals surface area contributed by atoms with Crippen molar-refractivity contribution in [1.82, 2.24) is 4.90 Å². The number of carbonyl (C=O) groups excluding carboxylic acids is 3. The molecule has 2 amide bonds. The number of hydrogen-bond donors (Lipinski definition) is 1. The molecule has 0 bridgehead atoms. The lowest BCUT2D eigenvalue weighted by Gasteiger charge is -2.14. The van der Waals surface area contributed by atoms with Crippen molar-refractivity contribution in [1.29, 1.82) is 0 Å². The molecule has 122 valence electrons. The number of hydrogen-bond acceptors (Lipinski definition) is 5. The highest BCUT2D eigenvalue weighted by molar-refractivity contribution is 6.30. The number of aromatic hydroxyl groups is 1. The molecule has 7 heteroatoms. The Morgan fingerprint density at radius 3 is 2.29 bits per heavy atom. The molecule has 1 heterocycles. The first kappa shape index (κ1) is 16.0. The van der Waals surface area contributed by atoms with Crippen LogP contribution in [0, 0.1) is 0 Å². The van der Waals surface area contributed by atoms with Crippen molar-refractivity contribution in [2.75, 3.05) is 13.2 Å². The summed E-state index contributed by atoms with van der Waals surface area (Å²) in [6, 6.07) is 10.5. The summed E-state index contributed by atoms with van der Waals surface area (Å²) in [6.07, 6.45) is 0. The van der Waals surface area contributed by atoms with Gasteiger partial charge in [-0.25, -0.2) is 4.79 Å². The summed E-state index contributed by atoms with van der Waals surface area (Å²) in [5.74, 6) is -1.89. The topological polar surface area (TPSA) is 83.9 Å². The Labute approximate surface area is 142 Å². The van der Waals surface area contributed by atoms with Crippen LogP contribution >= 0.6 is 11.6 Å². The van der Waals surface area contributed by atoms with Crippen LogP contribution in [0.3, 0.4) is 0 Å². The van der Waals surface area contributed by atoms with E-state index >= 15 is 0 Å². The zero-order valence-electron chi connectivity index (χ0n) is 12.4. The average molecular weight is 346 g/mol. The van der Waals surface area contributed by atoms with Crippen LogP contribution in [0.15, 0.2) is 42.5 Å². The van der Waals surface area contributed by atoms with Crippen LogP contribution in [0.2, 0.25) is 5.02 Å². The molecule has 0 aromatic heterocycles. The largest absolute Gasteiger partial charge is 0.507 e. The van der Waals surface area contributed by atoms with Crippen molar-refractivity contribution in [3.63, 3.8) is 0 Å². The molecule has 0 saturated carbocycles. The number of phenolic OH excluding ortho intramolecular Hbond substituents is 1. The lowest BCUT2D eigenvalue weighted by molar-refractivity contribution is 0.0418. The van der Waals surface area contributed by atoms with Gasteiger partial charge in [0, 0.05) is 5.02 Å². The smallest absolute Gasteiger partial charge is 0.341 e. The molecular weight excluding hydrogens is 334 g/mol. The molecular formula is C17H12ClNO5. The Morgan fingerprint density at radius 1 is 1.08 bits per heavy atom. The fourth-order valence-corrected chi connectivity index (χ4v) is 2.59. The summed E-state index contributed by atoms with van der Waals surface area (Å²) in [4.78, 5) is 37.3. The molecule has 0 aliphatic carbocycles.